The summed E-state index contributed by atoms with van der Waals surface area (Å²) in [6.45, 7) is 4.15. The van der Waals surface area contributed by atoms with Crippen molar-refractivity contribution in [3.63, 3.8) is 0 Å². The number of amides is 1. The van der Waals surface area contributed by atoms with Gasteiger partial charge in [-0.2, -0.15) is 0 Å². The molecule has 1 amide bonds. The Hall–Kier alpha value is -2.84. The maximum Gasteiger partial charge on any atom is 0.230 e. The molecular weight excluding hydrogens is 496 g/mol. The molecule has 7 nitrogen and oxygen atoms in total. The number of methoxy groups -OCH3 is 1. The monoisotopic (exact) mass is 532 g/mol. The minimum absolute atomic E-state index is 0.0143. The van der Waals surface area contributed by atoms with Crippen molar-refractivity contribution in [2.75, 3.05) is 31.8 Å². The Morgan fingerprint density at radius 1 is 1.05 bits per heavy atom. The second-order valence-corrected chi connectivity index (χ2v) is 12.5. The Balaban J connectivity index is 1.29. The van der Waals surface area contributed by atoms with Crippen molar-refractivity contribution >= 4 is 22.9 Å². The first-order valence-corrected chi connectivity index (χ1v) is 14.6. The molecule has 1 aromatic carbocycles. The van der Waals surface area contributed by atoms with Crippen molar-refractivity contribution in [1.29, 1.82) is 0 Å². The normalized spacial score (nSPS) is 25.3. The summed E-state index contributed by atoms with van der Waals surface area (Å²) in [6.07, 6.45) is 10.2. The van der Waals surface area contributed by atoms with E-state index in [1.807, 2.05) is 19.1 Å². The van der Waals surface area contributed by atoms with Crippen molar-refractivity contribution in [2.45, 2.75) is 63.7 Å². The number of aromatic nitrogens is 3. The standard InChI is InChI=1S/C30H36N4O3S/c1-21-32-33-28(38-21)30-12-9-29(10-13-30,11-14-30)20-34(27(35)22-7-16-37-17-8-22)25-5-3-4-23(18-25)24-6-15-31-26(19-24)36-2/h3-6,15,18-19,22H,7-14,16-17,20H2,1-2H3. The first-order chi connectivity index (χ1) is 18.5. The topological polar surface area (TPSA) is 77.4 Å². The molecule has 4 aliphatic rings. The lowest BCUT2D eigenvalue weighted by molar-refractivity contribution is -0.125. The van der Waals surface area contributed by atoms with Crippen LogP contribution in [0.25, 0.3) is 11.1 Å². The maximum absolute atomic E-state index is 14.1. The molecule has 0 N–H and O–H groups in total. The Bertz CT molecular complexity index is 1280. The van der Waals surface area contributed by atoms with Crippen LogP contribution in [-0.4, -0.2) is 48.0 Å². The molecule has 0 atom stereocenters. The summed E-state index contributed by atoms with van der Waals surface area (Å²) in [4.78, 5) is 20.5. The van der Waals surface area contributed by atoms with Gasteiger partial charge < -0.3 is 14.4 Å². The van der Waals surface area contributed by atoms with Gasteiger partial charge in [-0.3, -0.25) is 4.79 Å². The van der Waals surface area contributed by atoms with Crippen LogP contribution in [0.3, 0.4) is 0 Å². The highest BCUT2D eigenvalue weighted by molar-refractivity contribution is 7.11. The highest BCUT2D eigenvalue weighted by Gasteiger charge is 2.52. The van der Waals surface area contributed by atoms with Crippen LogP contribution < -0.4 is 9.64 Å². The fraction of sp³-hybridized carbons (Fsp3) is 0.533. The third-order valence-electron chi connectivity index (χ3n) is 9.15. The van der Waals surface area contributed by atoms with Gasteiger partial charge in [-0.25, -0.2) is 4.98 Å². The second-order valence-electron chi connectivity index (χ2n) is 11.4. The highest BCUT2D eigenvalue weighted by Crippen LogP contribution is 2.58. The number of pyridine rings is 1. The van der Waals surface area contributed by atoms with Crippen LogP contribution in [0.4, 0.5) is 5.69 Å². The van der Waals surface area contributed by atoms with Crippen molar-refractivity contribution < 1.29 is 14.3 Å². The fourth-order valence-electron chi connectivity index (χ4n) is 6.68. The van der Waals surface area contributed by atoms with Crippen LogP contribution in [0.15, 0.2) is 42.6 Å². The Kier molecular flexibility index (Phi) is 6.95. The number of nitrogens with zero attached hydrogens (tertiary/aromatic N) is 4. The van der Waals surface area contributed by atoms with Gasteiger partial charge in [-0.05, 0) is 93.0 Å². The molecular formula is C30H36N4O3S. The van der Waals surface area contributed by atoms with E-state index in [0.717, 1.165) is 79.7 Å². The lowest BCUT2D eigenvalue weighted by Crippen LogP contribution is -2.51. The molecule has 38 heavy (non-hydrogen) atoms. The number of fused-ring (bicyclic) bond motifs is 3. The van der Waals surface area contributed by atoms with E-state index in [4.69, 9.17) is 9.47 Å². The number of carbonyl (C=O) groups is 1. The number of aryl methyl sites for hydroxylation is 1. The van der Waals surface area contributed by atoms with Gasteiger partial charge >= 0.3 is 0 Å². The molecule has 200 valence electrons. The molecule has 0 unspecified atom stereocenters. The van der Waals surface area contributed by atoms with Gasteiger partial charge in [0.2, 0.25) is 11.8 Å². The van der Waals surface area contributed by atoms with E-state index in [1.165, 1.54) is 5.01 Å². The average molecular weight is 533 g/mol. The first kappa shape index (κ1) is 25.4. The van der Waals surface area contributed by atoms with E-state index < -0.39 is 0 Å². The number of rotatable bonds is 7. The molecule has 3 saturated carbocycles. The summed E-state index contributed by atoms with van der Waals surface area (Å²) >= 11 is 1.77. The fourth-order valence-corrected chi connectivity index (χ4v) is 7.65. The second kappa shape index (κ2) is 10.4. The van der Waals surface area contributed by atoms with Crippen molar-refractivity contribution in [1.82, 2.24) is 15.2 Å². The van der Waals surface area contributed by atoms with E-state index in [1.54, 1.807) is 24.6 Å². The highest BCUT2D eigenvalue weighted by atomic mass is 32.1. The summed E-state index contributed by atoms with van der Waals surface area (Å²) in [5.41, 5.74) is 3.40. The zero-order valence-corrected chi connectivity index (χ0v) is 23.1. The minimum Gasteiger partial charge on any atom is -0.481 e. The van der Waals surface area contributed by atoms with Gasteiger partial charge in [-0.1, -0.05) is 12.1 Å². The third kappa shape index (κ3) is 4.84. The zero-order chi connectivity index (χ0) is 26.2. The van der Waals surface area contributed by atoms with Crippen LogP contribution in [0.2, 0.25) is 0 Å². The SMILES string of the molecule is COc1cc(-c2cccc(N(CC34CCC(c5nnc(C)s5)(CC3)CC4)C(=O)C3CCOCC3)c2)ccn1. The van der Waals surface area contributed by atoms with Crippen molar-refractivity contribution in [2.24, 2.45) is 11.3 Å². The molecule has 3 aromatic rings. The number of anilines is 1. The molecule has 3 aliphatic carbocycles. The van der Waals surface area contributed by atoms with E-state index in [2.05, 4.69) is 44.3 Å². The molecule has 3 heterocycles. The molecule has 4 fully saturated rings. The zero-order valence-electron chi connectivity index (χ0n) is 22.3. The van der Waals surface area contributed by atoms with Crippen molar-refractivity contribution in [3.8, 4) is 17.0 Å². The van der Waals surface area contributed by atoms with Gasteiger partial charge in [0.05, 0.1) is 7.11 Å². The number of hydrogen-bond donors (Lipinski definition) is 0. The van der Waals surface area contributed by atoms with Gasteiger partial charge in [0, 0.05) is 49.0 Å². The van der Waals surface area contributed by atoms with E-state index >= 15 is 0 Å². The molecule has 0 spiro atoms. The predicted molar refractivity (Wildman–Crippen MR) is 149 cm³/mol. The Labute approximate surface area is 228 Å². The largest absolute Gasteiger partial charge is 0.481 e. The van der Waals surface area contributed by atoms with Gasteiger partial charge in [0.25, 0.3) is 0 Å². The van der Waals surface area contributed by atoms with Crippen molar-refractivity contribution in [3.05, 3.63) is 52.6 Å². The van der Waals surface area contributed by atoms with E-state index in [-0.39, 0.29) is 22.7 Å². The van der Waals surface area contributed by atoms with Crippen LogP contribution >= 0.6 is 11.3 Å². The minimum atomic E-state index is 0.0143. The summed E-state index contributed by atoms with van der Waals surface area (Å²) in [7, 11) is 1.63. The molecule has 8 heteroatoms. The van der Waals surface area contributed by atoms with Gasteiger partial charge in [-0.15, -0.1) is 21.5 Å². The third-order valence-corrected chi connectivity index (χ3v) is 10.2. The number of ether oxygens (including phenoxy) is 2. The quantitative estimate of drug-likeness (QED) is 0.373. The summed E-state index contributed by atoms with van der Waals surface area (Å²) in [6, 6.07) is 12.3. The van der Waals surface area contributed by atoms with Crippen LogP contribution in [-0.2, 0) is 14.9 Å². The summed E-state index contributed by atoms with van der Waals surface area (Å²) in [5.74, 6) is 0.843. The van der Waals surface area contributed by atoms with E-state index in [9.17, 15) is 4.79 Å². The number of benzene rings is 1. The van der Waals surface area contributed by atoms with E-state index in [0.29, 0.717) is 19.1 Å². The van der Waals surface area contributed by atoms with Crippen LogP contribution in [0.5, 0.6) is 5.88 Å². The molecule has 7 rings (SSSR count). The number of hydrogen-bond acceptors (Lipinski definition) is 7. The predicted octanol–water partition coefficient (Wildman–Crippen LogP) is 5.97. The lowest BCUT2D eigenvalue weighted by Gasteiger charge is -2.54. The molecule has 2 aromatic heterocycles. The Morgan fingerprint density at radius 2 is 1.79 bits per heavy atom. The Morgan fingerprint density at radius 3 is 2.47 bits per heavy atom. The summed E-state index contributed by atoms with van der Waals surface area (Å²) in [5, 5.41) is 11.2. The van der Waals surface area contributed by atoms with Gasteiger partial charge in [0.1, 0.15) is 10.0 Å². The number of carbonyl (C=O) groups excluding carboxylic acids is 1. The average Bonchev–Trinajstić information content (AvgIpc) is 3.44. The smallest absolute Gasteiger partial charge is 0.230 e. The maximum atomic E-state index is 14.1. The molecule has 1 aliphatic heterocycles. The molecule has 0 radical (unpaired) electrons. The molecule has 2 bridgehead atoms. The summed E-state index contributed by atoms with van der Waals surface area (Å²) < 4.78 is 10.9. The lowest BCUT2D eigenvalue weighted by atomic mass is 9.53. The van der Waals surface area contributed by atoms with Crippen LogP contribution in [0, 0.1) is 18.3 Å². The first-order valence-electron chi connectivity index (χ1n) is 13.8. The molecule has 1 saturated heterocycles. The van der Waals surface area contributed by atoms with Gasteiger partial charge in [0.15, 0.2) is 0 Å². The van der Waals surface area contributed by atoms with Crippen LogP contribution in [0.1, 0.15) is 61.4 Å².